The first-order valence-electron chi connectivity index (χ1n) is 9.39. The van der Waals surface area contributed by atoms with Crippen molar-refractivity contribution in [3.8, 4) is 0 Å². The summed E-state index contributed by atoms with van der Waals surface area (Å²) in [5.41, 5.74) is 2.36. The largest absolute Gasteiger partial charge is 0.355 e. The summed E-state index contributed by atoms with van der Waals surface area (Å²) in [4.78, 5) is 11.2. The van der Waals surface area contributed by atoms with Crippen molar-refractivity contribution in [1.82, 2.24) is 20.5 Å². The molecule has 2 aromatic rings. The minimum Gasteiger partial charge on any atom is -0.355 e. The van der Waals surface area contributed by atoms with Crippen molar-refractivity contribution in [1.29, 1.82) is 0 Å². The molecule has 5 nitrogen and oxygen atoms in total. The highest BCUT2D eigenvalue weighted by Gasteiger charge is 2.16. The van der Waals surface area contributed by atoms with Crippen molar-refractivity contribution in [2.75, 3.05) is 26.7 Å². The van der Waals surface area contributed by atoms with Crippen molar-refractivity contribution in [3.63, 3.8) is 0 Å². The fraction of sp³-hybridized carbons (Fsp3) is 0.429. The Morgan fingerprint density at radius 2 is 1.77 bits per heavy atom. The summed E-state index contributed by atoms with van der Waals surface area (Å²) < 4.78 is 0. The Balaban J connectivity index is 1.93. The van der Waals surface area contributed by atoms with Crippen LogP contribution in [0, 0.1) is 0 Å². The summed E-state index contributed by atoms with van der Waals surface area (Å²) in [7, 11) is 1.80. The zero-order valence-corrected chi connectivity index (χ0v) is 16.2. The van der Waals surface area contributed by atoms with Crippen LogP contribution >= 0.6 is 0 Å². The van der Waals surface area contributed by atoms with E-state index in [0.717, 1.165) is 37.7 Å². The summed E-state index contributed by atoms with van der Waals surface area (Å²) in [6.07, 6.45) is 2.83. The normalized spacial score (nSPS) is 12.8. The number of nitrogens with one attached hydrogen (secondary N) is 2. The van der Waals surface area contributed by atoms with Gasteiger partial charge in [-0.2, -0.15) is 0 Å². The molecule has 0 saturated carbocycles. The number of hydrogen-bond acceptors (Lipinski definition) is 3. The molecule has 0 bridgehead atoms. The Morgan fingerprint density at radius 3 is 2.38 bits per heavy atom. The van der Waals surface area contributed by atoms with Crippen molar-refractivity contribution >= 4 is 5.96 Å². The highest BCUT2D eigenvalue weighted by molar-refractivity contribution is 5.79. The van der Waals surface area contributed by atoms with Gasteiger partial charge in [-0.15, -0.1) is 0 Å². The van der Waals surface area contributed by atoms with E-state index in [1.807, 2.05) is 24.4 Å². The first kappa shape index (κ1) is 19.9. The van der Waals surface area contributed by atoms with Gasteiger partial charge < -0.3 is 10.6 Å². The van der Waals surface area contributed by atoms with Gasteiger partial charge >= 0.3 is 0 Å². The van der Waals surface area contributed by atoms with E-state index in [-0.39, 0.29) is 0 Å². The van der Waals surface area contributed by atoms with E-state index >= 15 is 0 Å². The maximum Gasteiger partial charge on any atom is 0.191 e. The molecule has 0 spiro atoms. The second kappa shape index (κ2) is 11.3. The topological polar surface area (TPSA) is 52.5 Å². The van der Waals surface area contributed by atoms with Gasteiger partial charge in [0.25, 0.3) is 0 Å². The second-order valence-corrected chi connectivity index (χ2v) is 6.19. The molecule has 1 heterocycles. The number of nitrogens with zero attached hydrogens (tertiary/aromatic N) is 3. The smallest absolute Gasteiger partial charge is 0.191 e. The number of aromatic nitrogens is 1. The molecule has 2 N–H and O–H groups in total. The summed E-state index contributed by atoms with van der Waals surface area (Å²) in [6.45, 7) is 8.02. The highest BCUT2D eigenvalue weighted by Crippen LogP contribution is 2.08. The number of hydrogen-bond donors (Lipinski definition) is 2. The quantitative estimate of drug-likeness (QED) is 0.538. The van der Waals surface area contributed by atoms with Gasteiger partial charge in [0.15, 0.2) is 5.96 Å². The van der Waals surface area contributed by atoms with E-state index in [0.29, 0.717) is 12.6 Å². The predicted octanol–water partition coefficient (Wildman–Crippen LogP) is 2.70. The van der Waals surface area contributed by atoms with E-state index in [1.54, 1.807) is 7.05 Å². The SMILES string of the molecule is CCN(CC)C(CNC(=NC)NCc1ccccn1)Cc1ccccc1. The average molecular weight is 354 g/mol. The van der Waals surface area contributed by atoms with Crippen LogP contribution < -0.4 is 10.6 Å². The van der Waals surface area contributed by atoms with E-state index in [4.69, 9.17) is 0 Å². The van der Waals surface area contributed by atoms with Crippen LogP contribution in [0.3, 0.4) is 0 Å². The van der Waals surface area contributed by atoms with Crippen molar-refractivity contribution in [2.45, 2.75) is 32.9 Å². The minimum atomic E-state index is 0.417. The summed E-state index contributed by atoms with van der Waals surface area (Å²) in [6, 6.07) is 17.0. The number of benzene rings is 1. The van der Waals surface area contributed by atoms with Crippen LogP contribution in [-0.4, -0.2) is 48.6 Å². The lowest BCUT2D eigenvalue weighted by Crippen LogP contribution is -2.48. The molecule has 0 aliphatic carbocycles. The molecule has 0 amide bonds. The zero-order chi connectivity index (χ0) is 18.6. The van der Waals surface area contributed by atoms with Gasteiger partial charge in [0.05, 0.1) is 12.2 Å². The van der Waals surface area contributed by atoms with Gasteiger partial charge in [0, 0.05) is 25.8 Å². The zero-order valence-electron chi connectivity index (χ0n) is 16.2. The van der Waals surface area contributed by atoms with Crippen molar-refractivity contribution < 1.29 is 0 Å². The molecular weight excluding hydrogens is 322 g/mol. The highest BCUT2D eigenvalue weighted by atomic mass is 15.2. The van der Waals surface area contributed by atoms with Crippen LogP contribution in [0.25, 0.3) is 0 Å². The van der Waals surface area contributed by atoms with Gasteiger partial charge in [-0.1, -0.05) is 50.2 Å². The van der Waals surface area contributed by atoms with Crippen LogP contribution in [0.1, 0.15) is 25.1 Å². The average Bonchev–Trinajstić information content (AvgIpc) is 2.70. The fourth-order valence-corrected chi connectivity index (χ4v) is 3.07. The molecular formula is C21H31N5. The Morgan fingerprint density at radius 1 is 1.04 bits per heavy atom. The third-order valence-electron chi connectivity index (χ3n) is 4.53. The lowest BCUT2D eigenvalue weighted by atomic mass is 10.0. The van der Waals surface area contributed by atoms with Gasteiger partial charge in [0.2, 0.25) is 0 Å². The van der Waals surface area contributed by atoms with Gasteiger partial charge in [-0.25, -0.2) is 0 Å². The third kappa shape index (κ3) is 6.48. The second-order valence-electron chi connectivity index (χ2n) is 6.19. The Kier molecular flexibility index (Phi) is 8.63. The Labute approximate surface area is 157 Å². The molecule has 5 heteroatoms. The fourth-order valence-electron chi connectivity index (χ4n) is 3.07. The standard InChI is InChI=1S/C21H31N5/c1-4-26(5-2)20(15-18-11-7-6-8-12-18)17-25-21(22-3)24-16-19-13-9-10-14-23-19/h6-14,20H,4-5,15-17H2,1-3H3,(H2,22,24,25). The first-order chi connectivity index (χ1) is 12.8. The minimum absolute atomic E-state index is 0.417. The van der Waals surface area contributed by atoms with Crippen LogP contribution in [0.2, 0.25) is 0 Å². The summed E-state index contributed by atoms with van der Waals surface area (Å²) >= 11 is 0. The molecule has 1 aromatic heterocycles. The summed E-state index contributed by atoms with van der Waals surface area (Å²) in [5, 5.41) is 6.82. The Hall–Kier alpha value is -2.40. The van der Waals surface area contributed by atoms with E-state index in [2.05, 4.69) is 69.7 Å². The van der Waals surface area contributed by atoms with Crippen LogP contribution in [-0.2, 0) is 13.0 Å². The van der Waals surface area contributed by atoms with E-state index in [9.17, 15) is 0 Å². The molecule has 0 aliphatic rings. The number of pyridine rings is 1. The van der Waals surface area contributed by atoms with Crippen LogP contribution in [0.4, 0.5) is 0 Å². The molecule has 2 rings (SSSR count). The summed E-state index contributed by atoms with van der Waals surface area (Å²) in [5.74, 6) is 0.806. The number of likely N-dealkylation sites (N-methyl/N-ethyl adjacent to an activating group) is 1. The third-order valence-corrected chi connectivity index (χ3v) is 4.53. The first-order valence-corrected chi connectivity index (χ1v) is 9.39. The van der Waals surface area contributed by atoms with Crippen molar-refractivity contribution in [3.05, 3.63) is 66.0 Å². The molecule has 0 aliphatic heterocycles. The Bertz CT molecular complexity index is 638. The molecule has 0 saturated heterocycles. The van der Waals surface area contributed by atoms with Crippen LogP contribution in [0.5, 0.6) is 0 Å². The monoisotopic (exact) mass is 353 g/mol. The predicted molar refractivity (Wildman–Crippen MR) is 109 cm³/mol. The van der Waals surface area contributed by atoms with Gasteiger partial charge in [-0.05, 0) is 37.2 Å². The van der Waals surface area contributed by atoms with Gasteiger partial charge in [0.1, 0.15) is 0 Å². The molecule has 0 fully saturated rings. The van der Waals surface area contributed by atoms with Crippen molar-refractivity contribution in [2.24, 2.45) is 4.99 Å². The number of guanidine groups is 1. The number of rotatable bonds is 9. The molecule has 26 heavy (non-hydrogen) atoms. The molecule has 1 atom stereocenters. The maximum atomic E-state index is 4.34. The van der Waals surface area contributed by atoms with E-state index in [1.165, 1.54) is 5.56 Å². The molecule has 140 valence electrons. The molecule has 0 radical (unpaired) electrons. The van der Waals surface area contributed by atoms with Crippen LogP contribution in [0.15, 0.2) is 59.7 Å². The van der Waals surface area contributed by atoms with Gasteiger partial charge in [-0.3, -0.25) is 14.9 Å². The molecule has 1 unspecified atom stereocenters. The lowest BCUT2D eigenvalue weighted by Gasteiger charge is -2.30. The maximum absolute atomic E-state index is 4.34. The number of aliphatic imine (C=N–C) groups is 1. The lowest BCUT2D eigenvalue weighted by molar-refractivity contribution is 0.215. The van der Waals surface area contributed by atoms with E-state index < -0.39 is 0 Å². The molecule has 1 aromatic carbocycles.